The van der Waals surface area contributed by atoms with Gasteiger partial charge >= 0.3 is 0 Å². The monoisotopic (exact) mass is 220 g/mol. The summed E-state index contributed by atoms with van der Waals surface area (Å²) in [6, 6.07) is 0. The molecule has 0 radical (unpaired) electrons. The lowest BCUT2D eigenvalue weighted by atomic mass is 9.97. The second-order valence-electron chi connectivity index (χ2n) is 4.20. The Morgan fingerprint density at radius 1 is 1.07 bits per heavy atom. The van der Waals surface area contributed by atoms with E-state index >= 15 is 0 Å². The lowest BCUT2D eigenvalue weighted by Gasteiger charge is -2.48. The molecule has 0 saturated heterocycles. The van der Waals surface area contributed by atoms with Crippen LogP contribution in [-0.2, 0) is 4.57 Å². The summed E-state index contributed by atoms with van der Waals surface area (Å²) >= 11 is 0. The number of rotatable bonds is 7. The van der Waals surface area contributed by atoms with Crippen LogP contribution in [0, 0.1) is 0 Å². The summed E-state index contributed by atoms with van der Waals surface area (Å²) in [6.45, 7) is 5.60. The maximum atomic E-state index is 11.1. The Morgan fingerprint density at radius 2 is 1.43 bits per heavy atom. The molecule has 0 aliphatic rings. The van der Waals surface area contributed by atoms with E-state index in [2.05, 4.69) is 0 Å². The molecule has 0 unspecified atom stereocenters. The Morgan fingerprint density at radius 3 is 1.64 bits per heavy atom. The van der Waals surface area contributed by atoms with E-state index in [1.807, 2.05) is 13.8 Å². The lowest BCUT2D eigenvalue weighted by molar-refractivity contribution is -0.321. The molecule has 0 amide bonds. The van der Waals surface area contributed by atoms with Gasteiger partial charge in [-0.15, -0.1) is 0 Å². The standard InChI is InChI=1S/C10H23O3P/c1-4-6-8-10(3,9-7-5-2)14(11,12)13/h4-9H2,1-3H3,(H2,11,12,13)/p-2. The van der Waals surface area contributed by atoms with E-state index in [0.717, 1.165) is 25.7 Å². The van der Waals surface area contributed by atoms with Crippen LogP contribution in [-0.4, -0.2) is 5.16 Å². The summed E-state index contributed by atoms with van der Waals surface area (Å²) in [7, 11) is -4.45. The molecule has 4 heteroatoms. The Hall–Kier alpha value is 0.150. The molecule has 0 aromatic carbocycles. The lowest BCUT2D eigenvalue weighted by Crippen LogP contribution is -2.36. The maximum Gasteiger partial charge on any atom is -0.00479 e. The first-order valence-corrected chi connectivity index (χ1v) is 6.94. The van der Waals surface area contributed by atoms with E-state index in [0.29, 0.717) is 12.8 Å². The van der Waals surface area contributed by atoms with Crippen LogP contribution in [0.4, 0.5) is 0 Å². The van der Waals surface area contributed by atoms with E-state index in [1.165, 1.54) is 0 Å². The molecule has 3 nitrogen and oxygen atoms in total. The molecular weight excluding hydrogens is 199 g/mol. The van der Waals surface area contributed by atoms with Gasteiger partial charge in [-0.05, 0) is 18.0 Å². The maximum absolute atomic E-state index is 11.1. The molecular formula is C10H21O3P-2. The van der Waals surface area contributed by atoms with E-state index < -0.39 is 12.8 Å². The van der Waals surface area contributed by atoms with Crippen LogP contribution in [0.15, 0.2) is 0 Å². The minimum atomic E-state index is -4.45. The third-order valence-electron chi connectivity index (χ3n) is 2.80. The molecule has 0 atom stereocenters. The molecule has 0 aromatic heterocycles. The van der Waals surface area contributed by atoms with Gasteiger partial charge in [0.1, 0.15) is 0 Å². The van der Waals surface area contributed by atoms with E-state index in [9.17, 15) is 14.4 Å². The van der Waals surface area contributed by atoms with Crippen molar-refractivity contribution in [2.24, 2.45) is 0 Å². The van der Waals surface area contributed by atoms with Crippen LogP contribution in [0.5, 0.6) is 0 Å². The molecule has 0 saturated carbocycles. The van der Waals surface area contributed by atoms with Crippen LogP contribution in [0.1, 0.15) is 59.3 Å². The van der Waals surface area contributed by atoms with E-state index in [4.69, 9.17) is 0 Å². The zero-order chi connectivity index (χ0) is 11.2. The molecule has 0 spiro atoms. The Kier molecular flexibility index (Phi) is 5.96. The predicted molar refractivity (Wildman–Crippen MR) is 55.1 cm³/mol. The average Bonchev–Trinajstić information content (AvgIpc) is 2.09. The average molecular weight is 220 g/mol. The summed E-state index contributed by atoms with van der Waals surface area (Å²) in [4.78, 5) is 22.3. The Labute approximate surface area is 87.1 Å². The molecule has 0 aliphatic carbocycles. The summed E-state index contributed by atoms with van der Waals surface area (Å²) in [5.74, 6) is 0. The second kappa shape index (κ2) is 5.89. The molecule has 0 rings (SSSR count). The van der Waals surface area contributed by atoms with Gasteiger partial charge in [-0.1, -0.05) is 54.1 Å². The van der Waals surface area contributed by atoms with E-state index in [-0.39, 0.29) is 0 Å². The number of hydrogen-bond donors (Lipinski definition) is 0. The molecule has 0 aromatic rings. The zero-order valence-corrected chi connectivity index (χ0v) is 10.3. The normalized spacial score (nSPS) is 13.2. The zero-order valence-electron chi connectivity index (χ0n) is 9.41. The topological polar surface area (TPSA) is 63.2 Å². The first-order valence-electron chi connectivity index (χ1n) is 5.39. The molecule has 14 heavy (non-hydrogen) atoms. The van der Waals surface area contributed by atoms with Crippen molar-refractivity contribution in [3.05, 3.63) is 0 Å². The Bertz CT molecular complexity index is 190. The third kappa shape index (κ3) is 4.12. The highest BCUT2D eigenvalue weighted by atomic mass is 31.2. The minimum Gasteiger partial charge on any atom is -0.810 e. The van der Waals surface area contributed by atoms with Crippen molar-refractivity contribution in [1.29, 1.82) is 0 Å². The largest absolute Gasteiger partial charge is 0.810 e. The fraction of sp³-hybridized carbons (Fsp3) is 1.00. The van der Waals surface area contributed by atoms with Crippen molar-refractivity contribution < 1.29 is 14.4 Å². The van der Waals surface area contributed by atoms with Gasteiger partial charge in [0.25, 0.3) is 0 Å². The summed E-state index contributed by atoms with van der Waals surface area (Å²) in [5, 5.41) is -1.01. The highest BCUT2D eigenvalue weighted by Gasteiger charge is 2.26. The highest BCUT2D eigenvalue weighted by Crippen LogP contribution is 2.49. The fourth-order valence-electron chi connectivity index (χ4n) is 1.51. The van der Waals surface area contributed by atoms with Crippen LogP contribution >= 0.6 is 7.60 Å². The quantitative estimate of drug-likeness (QED) is 0.617. The molecule has 0 aliphatic heterocycles. The molecule has 0 bridgehead atoms. The fourth-order valence-corrected chi connectivity index (χ4v) is 2.38. The second-order valence-corrected chi connectivity index (χ2v) is 6.28. The van der Waals surface area contributed by atoms with Crippen molar-refractivity contribution in [3.8, 4) is 0 Å². The van der Waals surface area contributed by atoms with Gasteiger partial charge in [-0.2, -0.15) is 0 Å². The minimum absolute atomic E-state index is 0.508. The summed E-state index contributed by atoms with van der Waals surface area (Å²) in [6.07, 6.45) is 4.51. The van der Waals surface area contributed by atoms with Crippen LogP contribution in [0.2, 0.25) is 0 Å². The summed E-state index contributed by atoms with van der Waals surface area (Å²) in [5.41, 5.74) is 0. The van der Waals surface area contributed by atoms with Crippen LogP contribution in [0.25, 0.3) is 0 Å². The van der Waals surface area contributed by atoms with Gasteiger partial charge in [0.2, 0.25) is 0 Å². The number of hydrogen-bond acceptors (Lipinski definition) is 3. The van der Waals surface area contributed by atoms with Gasteiger partial charge in [0.05, 0.1) is 0 Å². The van der Waals surface area contributed by atoms with Gasteiger partial charge in [0.15, 0.2) is 0 Å². The molecule has 0 heterocycles. The first kappa shape index (κ1) is 14.2. The van der Waals surface area contributed by atoms with Crippen molar-refractivity contribution in [2.75, 3.05) is 0 Å². The van der Waals surface area contributed by atoms with Crippen molar-refractivity contribution in [2.45, 2.75) is 64.5 Å². The summed E-state index contributed by atoms with van der Waals surface area (Å²) < 4.78 is 11.1. The van der Waals surface area contributed by atoms with E-state index in [1.54, 1.807) is 6.92 Å². The highest BCUT2D eigenvalue weighted by molar-refractivity contribution is 7.50. The van der Waals surface area contributed by atoms with Crippen molar-refractivity contribution in [3.63, 3.8) is 0 Å². The predicted octanol–water partition coefficient (Wildman–Crippen LogP) is 2.04. The Balaban J connectivity index is 4.42. The van der Waals surface area contributed by atoms with Gasteiger partial charge in [0, 0.05) is 0 Å². The van der Waals surface area contributed by atoms with Gasteiger partial charge < -0.3 is 14.4 Å². The molecule has 0 fully saturated rings. The smallest absolute Gasteiger partial charge is 0.00479 e. The molecule has 0 N–H and O–H groups in total. The van der Waals surface area contributed by atoms with Crippen molar-refractivity contribution >= 4 is 7.60 Å². The number of unbranched alkanes of at least 4 members (excludes halogenated alkanes) is 2. The third-order valence-corrected chi connectivity index (χ3v) is 4.57. The molecule has 86 valence electrons. The van der Waals surface area contributed by atoms with Crippen LogP contribution in [0.3, 0.4) is 0 Å². The van der Waals surface area contributed by atoms with Gasteiger partial charge in [-0.25, -0.2) is 0 Å². The van der Waals surface area contributed by atoms with Crippen molar-refractivity contribution in [1.82, 2.24) is 0 Å². The van der Waals surface area contributed by atoms with Gasteiger partial charge in [-0.3, -0.25) is 0 Å². The van der Waals surface area contributed by atoms with Crippen LogP contribution < -0.4 is 9.79 Å². The SMILES string of the molecule is CCCCC(C)(CCCC)P(=O)([O-])[O-]. The first-order chi connectivity index (χ1) is 6.37.